The Bertz CT molecular complexity index is 951. The van der Waals surface area contributed by atoms with Gasteiger partial charge in [-0.1, -0.05) is 30.3 Å². The summed E-state index contributed by atoms with van der Waals surface area (Å²) in [5.41, 5.74) is 3.16. The number of esters is 1. The summed E-state index contributed by atoms with van der Waals surface area (Å²) in [5, 5.41) is 4.42. The molecule has 1 aromatic heterocycles. The number of fused-ring (bicyclic) bond motifs is 1. The third kappa shape index (κ3) is 3.82. The number of carbonyl (C=O) groups is 1. The maximum Gasteiger partial charge on any atom is 0.322 e. The molecule has 0 saturated heterocycles. The molecule has 2 atom stereocenters. The highest BCUT2D eigenvalue weighted by molar-refractivity contribution is 5.84. The lowest BCUT2D eigenvalue weighted by molar-refractivity contribution is -0.142. The van der Waals surface area contributed by atoms with Crippen LogP contribution in [-0.2, 0) is 9.53 Å². The van der Waals surface area contributed by atoms with E-state index in [1.807, 2.05) is 42.6 Å². The number of ether oxygens (including phenoxy) is 3. The van der Waals surface area contributed by atoms with E-state index in [4.69, 9.17) is 14.2 Å². The van der Waals surface area contributed by atoms with Gasteiger partial charge < -0.3 is 24.5 Å². The lowest BCUT2D eigenvalue weighted by Crippen LogP contribution is -2.37. The maximum absolute atomic E-state index is 11.8. The van der Waals surface area contributed by atoms with Crippen LogP contribution in [0.2, 0.25) is 0 Å². The average molecular weight is 382 g/mol. The van der Waals surface area contributed by atoms with Crippen LogP contribution in [0, 0.1) is 0 Å². The van der Waals surface area contributed by atoms with Gasteiger partial charge in [0.2, 0.25) is 0 Å². The van der Waals surface area contributed by atoms with Crippen LogP contribution in [0.4, 0.5) is 0 Å². The standard InChI is InChI=1S/C22H26N2O4/c1-14(22(25)28-4)23-12-18(16-9-7-11-20(26-2)21(16)27-3)17-13-24-19-10-6-5-8-15(17)19/h5-11,13-14,18,23-24H,12H2,1-4H3/t14-,18-/m0/s1. The van der Waals surface area contributed by atoms with Crippen LogP contribution in [0.5, 0.6) is 11.5 Å². The lowest BCUT2D eigenvalue weighted by atomic mass is 9.89. The second-order valence-electron chi connectivity index (χ2n) is 6.58. The molecule has 0 radical (unpaired) electrons. The average Bonchev–Trinajstić information content (AvgIpc) is 3.16. The molecule has 6 nitrogen and oxygen atoms in total. The highest BCUT2D eigenvalue weighted by Gasteiger charge is 2.25. The largest absolute Gasteiger partial charge is 0.493 e. The van der Waals surface area contributed by atoms with Gasteiger partial charge in [-0.2, -0.15) is 0 Å². The zero-order chi connectivity index (χ0) is 20.1. The van der Waals surface area contributed by atoms with Crippen LogP contribution in [0.3, 0.4) is 0 Å². The summed E-state index contributed by atoms with van der Waals surface area (Å²) >= 11 is 0. The quantitative estimate of drug-likeness (QED) is 0.584. The van der Waals surface area contributed by atoms with E-state index in [2.05, 4.69) is 16.4 Å². The zero-order valence-electron chi connectivity index (χ0n) is 16.6. The molecule has 0 aliphatic rings. The van der Waals surface area contributed by atoms with E-state index in [9.17, 15) is 4.79 Å². The number of aromatic nitrogens is 1. The first-order chi connectivity index (χ1) is 13.6. The highest BCUT2D eigenvalue weighted by Crippen LogP contribution is 2.40. The van der Waals surface area contributed by atoms with Crippen LogP contribution in [0.15, 0.2) is 48.7 Å². The fourth-order valence-corrected chi connectivity index (χ4v) is 3.51. The molecule has 148 valence electrons. The number of hydrogen-bond donors (Lipinski definition) is 2. The number of methoxy groups -OCH3 is 3. The first-order valence-electron chi connectivity index (χ1n) is 9.18. The summed E-state index contributed by atoms with van der Waals surface area (Å²) in [7, 11) is 4.65. The Kier molecular flexibility index (Phi) is 6.21. The Morgan fingerprint density at radius 1 is 1.04 bits per heavy atom. The van der Waals surface area contributed by atoms with Crippen molar-refractivity contribution >= 4 is 16.9 Å². The van der Waals surface area contributed by atoms with Crippen molar-refractivity contribution in [1.82, 2.24) is 10.3 Å². The first kappa shape index (κ1) is 19.8. The highest BCUT2D eigenvalue weighted by atomic mass is 16.5. The number of rotatable bonds is 8. The van der Waals surface area contributed by atoms with Gasteiger partial charge in [-0.3, -0.25) is 4.79 Å². The van der Waals surface area contributed by atoms with Crippen molar-refractivity contribution in [3.05, 3.63) is 59.8 Å². The molecule has 3 rings (SSSR count). The molecule has 28 heavy (non-hydrogen) atoms. The second-order valence-corrected chi connectivity index (χ2v) is 6.58. The van der Waals surface area contributed by atoms with Crippen molar-refractivity contribution in [2.75, 3.05) is 27.9 Å². The Labute approximate surface area is 164 Å². The van der Waals surface area contributed by atoms with Gasteiger partial charge in [-0.25, -0.2) is 0 Å². The molecule has 0 bridgehead atoms. The molecule has 0 saturated carbocycles. The number of benzene rings is 2. The smallest absolute Gasteiger partial charge is 0.322 e. The van der Waals surface area contributed by atoms with Crippen molar-refractivity contribution in [2.45, 2.75) is 18.9 Å². The van der Waals surface area contributed by atoms with Crippen LogP contribution in [-0.4, -0.2) is 44.9 Å². The normalized spacial score (nSPS) is 13.1. The predicted molar refractivity (Wildman–Crippen MR) is 109 cm³/mol. The topological polar surface area (TPSA) is 72.6 Å². The van der Waals surface area contributed by atoms with Crippen molar-refractivity contribution in [3.8, 4) is 11.5 Å². The van der Waals surface area contributed by atoms with Gasteiger partial charge in [0.05, 0.1) is 21.3 Å². The van der Waals surface area contributed by atoms with Gasteiger partial charge in [0.15, 0.2) is 11.5 Å². The van der Waals surface area contributed by atoms with Crippen molar-refractivity contribution in [1.29, 1.82) is 0 Å². The molecule has 0 aliphatic carbocycles. The van der Waals surface area contributed by atoms with E-state index in [-0.39, 0.29) is 11.9 Å². The number of para-hydroxylation sites is 2. The minimum atomic E-state index is -0.422. The van der Waals surface area contributed by atoms with Gasteiger partial charge in [0, 0.05) is 35.1 Å². The van der Waals surface area contributed by atoms with Gasteiger partial charge >= 0.3 is 5.97 Å². The molecule has 2 aromatic carbocycles. The van der Waals surface area contributed by atoms with Gasteiger partial charge in [-0.05, 0) is 24.6 Å². The van der Waals surface area contributed by atoms with Crippen LogP contribution >= 0.6 is 0 Å². The molecule has 0 fully saturated rings. The number of H-pyrrole nitrogens is 1. The third-order valence-corrected chi connectivity index (χ3v) is 4.99. The van der Waals surface area contributed by atoms with Crippen molar-refractivity contribution in [2.24, 2.45) is 0 Å². The van der Waals surface area contributed by atoms with Gasteiger partial charge in [0.25, 0.3) is 0 Å². The number of hydrogen-bond acceptors (Lipinski definition) is 5. The second kappa shape index (κ2) is 8.80. The summed E-state index contributed by atoms with van der Waals surface area (Å²) in [6, 6.07) is 13.6. The predicted octanol–water partition coefficient (Wildman–Crippen LogP) is 3.47. The maximum atomic E-state index is 11.8. The summed E-state index contributed by atoms with van der Waals surface area (Å²) < 4.78 is 16.0. The van der Waals surface area contributed by atoms with Gasteiger partial charge in [-0.15, -0.1) is 0 Å². The first-order valence-corrected chi connectivity index (χ1v) is 9.18. The van der Waals surface area contributed by atoms with E-state index >= 15 is 0 Å². The van der Waals surface area contributed by atoms with Gasteiger partial charge in [0.1, 0.15) is 6.04 Å². The minimum absolute atomic E-state index is 0.0618. The number of nitrogens with one attached hydrogen (secondary N) is 2. The van der Waals surface area contributed by atoms with Crippen LogP contribution in [0.25, 0.3) is 10.9 Å². The molecule has 0 unspecified atom stereocenters. The Morgan fingerprint density at radius 2 is 1.82 bits per heavy atom. The molecule has 0 spiro atoms. The van der Waals surface area contributed by atoms with E-state index in [0.717, 1.165) is 22.0 Å². The molecule has 2 N–H and O–H groups in total. The molecule has 0 aliphatic heterocycles. The molecular weight excluding hydrogens is 356 g/mol. The summed E-state index contributed by atoms with van der Waals surface area (Å²) in [6.07, 6.45) is 2.01. The number of aromatic amines is 1. The van der Waals surface area contributed by atoms with E-state index < -0.39 is 6.04 Å². The molecular formula is C22H26N2O4. The van der Waals surface area contributed by atoms with Crippen LogP contribution in [0.1, 0.15) is 24.0 Å². The van der Waals surface area contributed by atoms with E-state index in [0.29, 0.717) is 18.0 Å². The summed E-state index contributed by atoms with van der Waals surface area (Å²) in [5.74, 6) is 1.00. The Hall–Kier alpha value is -2.99. The summed E-state index contributed by atoms with van der Waals surface area (Å²) in [6.45, 7) is 2.32. The van der Waals surface area contributed by atoms with Crippen molar-refractivity contribution in [3.63, 3.8) is 0 Å². The Balaban J connectivity index is 2.06. The molecule has 1 heterocycles. The fraction of sp³-hybridized carbons (Fsp3) is 0.318. The molecule has 3 aromatic rings. The molecule has 6 heteroatoms. The van der Waals surface area contributed by atoms with E-state index in [1.54, 1.807) is 21.1 Å². The lowest BCUT2D eigenvalue weighted by Gasteiger charge is -2.23. The minimum Gasteiger partial charge on any atom is -0.493 e. The molecule has 0 amide bonds. The van der Waals surface area contributed by atoms with Crippen LogP contribution < -0.4 is 14.8 Å². The zero-order valence-corrected chi connectivity index (χ0v) is 16.6. The summed E-state index contributed by atoms with van der Waals surface area (Å²) in [4.78, 5) is 15.2. The third-order valence-electron chi connectivity index (χ3n) is 4.99. The number of carbonyl (C=O) groups excluding carboxylic acids is 1. The van der Waals surface area contributed by atoms with Crippen molar-refractivity contribution < 1.29 is 19.0 Å². The Morgan fingerprint density at radius 3 is 2.54 bits per heavy atom. The van der Waals surface area contributed by atoms with E-state index in [1.165, 1.54) is 7.11 Å². The SMILES string of the molecule is COC(=O)[C@H](C)NC[C@@H](c1cccc(OC)c1OC)c1c[nH]c2ccccc12. The monoisotopic (exact) mass is 382 g/mol. The fourth-order valence-electron chi connectivity index (χ4n) is 3.51.